The van der Waals surface area contributed by atoms with Crippen LogP contribution in [0.25, 0.3) is 0 Å². The number of anilines is 1. The fraction of sp³-hybridized carbons (Fsp3) is 0.188. The minimum absolute atomic E-state index is 0.130. The van der Waals surface area contributed by atoms with E-state index in [-0.39, 0.29) is 17.2 Å². The molecule has 0 N–H and O–H groups in total. The van der Waals surface area contributed by atoms with Gasteiger partial charge in [0.1, 0.15) is 0 Å². The number of Topliss-reactive ketones (excluding diaryl/α,β-unsaturated/α-hetero) is 1. The number of hydrogen-bond donors (Lipinski definition) is 0. The Morgan fingerprint density at radius 1 is 0.952 bits per heavy atom. The number of sulfonamides is 1. The Labute approximate surface area is 124 Å². The molecule has 0 fully saturated rings. The molecule has 5 heteroatoms. The summed E-state index contributed by atoms with van der Waals surface area (Å²) in [5.74, 6) is -0.166. The molecule has 1 aliphatic rings. The van der Waals surface area contributed by atoms with Crippen molar-refractivity contribution in [1.82, 2.24) is 0 Å². The first kappa shape index (κ1) is 13.8. The zero-order chi connectivity index (χ0) is 15.2. The summed E-state index contributed by atoms with van der Waals surface area (Å²) in [6, 6.07) is 11.9. The van der Waals surface area contributed by atoms with Crippen molar-refractivity contribution in [2.45, 2.75) is 18.7 Å². The molecule has 21 heavy (non-hydrogen) atoms. The first-order valence-electron chi connectivity index (χ1n) is 6.63. The summed E-state index contributed by atoms with van der Waals surface area (Å²) < 4.78 is 26.7. The Bertz CT molecular complexity index is 823. The lowest BCUT2D eigenvalue weighted by molar-refractivity contribution is 0.101. The number of rotatable bonds is 2. The van der Waals surface area contributed by atoms with E-state index in [1.165, 1.54) is 4.31 Å². The molecule has 0 radical (unpaired) electrons. The molecule has 0 saturated heterocycles. The lowest BCUT2D eigenvalue weighted by Gasteiger charge is -2.19. The van der Waals surface area contributed by atoms with E-state index in [9.17, 15) is 13.2 Å². The molecule has 0 saturated carbocycles. The van der Waals surface area contributed by atoms with Gasteiger partial charge in [-0.15, -0.1) is 0 Å². The predicted octanol–water partition coefficient (Wildman–Crippen LogP) is 2.70. The van der Waals surface area contributed by atoms with E-state index >= 15 is 0 Å². The van der Waals surface area contributed by atoms with Crippen molar-refractivity contribution >= 4 is 21.5 Å². The Morgan fingerprint density at radius 3 is 2.24 bits per heavy atom. The van der Waals surface area contributed by atoms with Gasteiger partial charge in [0, 0.05) is 5.56 Å². The smallest absolute Gasteiger partial charge is 0.264 e. The number of fused-ring (bicyclic) bond motifs is 1. The maximum Gasteiger partial charge on any atom is 0.264 e. The van der Waals surface area contributed by atoms with Crippen molar-refractivity contribution in [2.24, 2.45) is 0 Å². The summed E-state index contributed by atoms with van der Waals surface area (Å²) in [4.78, 5) is 12.2. The quantitative estimate of drug-likeness (QED) is 0.857. The van der Waals surface area contributed by atoms with E-state index in [2.05, 4.69) is 0 Å². The Balaban J connectivity index is 2.12. The molecule has 0 atom stereocenters. The molecule has 0 aromatic heterocycles. The molecule has 1 heterocycles. The second-order valence-corrected chi connectivity index (χ2v) is 7.13. The molecule has 1 aliphatic heterocycles. The van der Waals surface area contributed by atoms with E-state index < -0.39 is 10.0 Å². The molecule has 2 aromatic rings. The third-order valence-corrected chi connectivity index (χ3v) is 5.39. The summed E-state index contributed by atoms with van der Waals surface area (Å²) in [7, 11) is -3.71. The molecule has 2 aromatic carbocycles. The molecule has 108 valence electrons. The number of nitrogens with zero attached hydrogens (tertiary/aromatic N) is 1. The number of carbonyl (C=O) groups is 1. The van der Waals surface area contributed by atoms with Crippen LogP contribution in [0.15, 0.2) is 47.4 Å². The maximum absolute atomic E-state index is 12.7. The molecule has 4 nitrogen and oxygen atoms in total. The van der Waals surface area contributed by atoms with Crippen LogP contribution in [0, 0.1) is 13.8 Å². The zero-order valence-corrected chi connectivity index (χ0v) is 12.6. The minimum atomic E-state index is -3.71. The van der Waals surface area contributed by atoms with E-state index in [1.54, 1.807) is 36.4 Å². The zero-order valence-electron chi connectivity index (χ0n) is 11.8. The van der Waals surface area contributed by atoms with Gasteiger partial charge in [-0.25, -0.2) is 8.42 Å². The fourth-order valence-corrected chi connectivity index (χ4v) is 3.87. The predicted molar refractivity (Wildman–Crippen MR) is 81.2 cm³/mol. The molecule has 0 amide bonds. The van der Waals surface area contributed by atoms with Gasteiger partial charge < -0.3 is 0 Å². The van der Waals surface area contributed by atoms with Crippen LogP contribution in [0.1, 0.15) is 21.5 Å². The molecule has 3 rings (SSSR count). The van der Waals surface area contributed by atoms with Crippen molar-refractivity contribution in [3.63, 3.8) is 0 Å². The SMILES string of the molecule is Cc1ccc(S(=O)(=O)N2CC(=O)c3ccc(C)cc32)cc1. The molecule has 0 unspecified atom stereocenters. The van der Waals surface area contributed by atoms with E-state index in [0.717, 1.165) is 11.1 Å². The van der Waals surface area contributed by atoms with Crippen LogP contribution in [0.5, 0.6) is 0 Å². The first-order chi connectivity index (χ1) is 9.89. The largest absolute Gasteiger partial charge is 0.292 e. The van der Waals surface area contributed by atoms with Crippen LogP contribution in [-0.4, -0.2) is 20.7 Å². The van der Waals surface area contributed by atoms with Gasteiger partial charge in [0.2, 0.25) is 0 Å². The van der Waals surface area contributed by atoms with Crippen molar-refractivity contribution < 1.29 is 13.2 Å². The van der Waals surface area contributed by atoms with Crippen LogP contribution >= 0.6 is 0 Å². The monoisotopic (exact) mass is 301 g/mol. The lowest BCUT2D eigenvalue weighted by Crippen LogP contribution is -2.30. The van der Waals surface area contributed by atoms with Gasteiger partial charge in [0.15, 0.2) is 5.78 Å². The molecule has 0 aliphatic carbocycles. The Hall–Kier alpha value is -2.14. The second-order valence-electron chi connectivity index (χ2n) is 5.27. The highest BCUT2D eigenvalue weighted by Crippen LogP contribution is 2.33. The van der Waals surface area contributed by atoms with E-state index in [0.29, 0.717) is 11.3 Å². The number of ketones is 1. The van der Waals surface area contributed by atoms with Gasteiger partial charge >= 0.3 is 0 Å². The van der Waals surface area contributed by atoms with Crippen LogP contribution in [-0.2, 0) is 10.0 Å². The third-order valence-electron chi connectivity index (χ3n) is 3.62. The highest BCUT2D eigenvalue weighted by molar-refractivity contribution is 7.93. The standard InChI is InChI=1S/C16H15NO3S/c1-11-3-6-13(7-4-11)21(19,20)17-10-16(18)14-8-5-12(2)9-15(14)17/h3-9H,10H2,1-2H3. The van der Waals surface area contributed by atoms with Gasteiger partial charge in [-0.05, 0) is 43.7 Å². The highest BCUT2D eigenvalue weighted by atomic mass is 32.2. The molecular formula is C16H15NO3S. The summed E-state index contributed by atoms with van der Waals surface area (Å²) in [5, 5.41) is 0. The summed E-state index contributed by atoms with van der Waals surface area (Å²) in [6.07, 6.45) is 0. The normalized spacial score (nSPS) is 14.4. The molecule has 0 bridgehead atoms. The highest BCUT2D eigenvalue weighted by Gasteiger charge is 2.35. The Kier molecular flexibility index (Phi) is 3.10. The fourth-order valence-electron chi connectivity index (χ4n) is 2.44. The minimum Gasteiger partial charge on any atom is -0.292 e. The second kappa shape index (κ2) is 4.70. The van der Waals surface area contributed by atoms with Crippen molar-refractivity contribution in [1.29, 1.82) is 0 Å². The van der Waals surface area contributed by atoms with Crippen molar-refractivity contribution in [3.8, 4) is 0 Å². The van der Waals surface area contributed by atoms with E-state index in [4.69, 9.17) is 0 Å². The third kappa shape index (κ3) is 2.23. The molecule has 0 spiro atoms. The van der Waals surface area contributed by atoms with Crippen LogP contribution in [0.3, 0.4) is 0 Å². The van der Waals surface area contributed by atoms with Crippen LogP contribution in [0.4, 0.5) is 5.69 Å². The topological polar surface area (TPSA) is 54.5 Å². The van der Waals surface area contributed by atoms with Gasteiger partial charge in [-0.1, -0.05) is 23.8 Å². The average molecular weight is 301 g/mol. The van der Waals surface area contributed by atoms with Gasteiger partial charge in [0.05, 0.1) is 17.1 Å². The van der Waals surface area contributed by atoms with Gasteiger partial charge in [-0.2, -0.15) is 0 Å². The molecular weight excluding hydrogens is 286 g/mol. The van der Waals surface area contributed by atoms with Gasteiger partial charge in [-0.3, -0.25) is 9.10 Å². The van der Waals surface area contributed by atoms with Crippen molar-refractivity contribution in [3.05, 3.63) is 59.2 Å². The summed E-state index contributed by atoms with van der Waals surface area (Å²) in [5.41, 5.74) is 2.85. The number of hydrogen-bond acceptors (Lipinski definition) is 3. The van der Waals surface area contributed by atoms with Crippen LogP contribution < -0.4 is 4.31 Å². The number of aryl methyl sites for hydroxylation is 2. The lowest BCUT2D eigenvalue weighted by atomic mass is 10.1. The summed E-state index contributed by atoms with van der Waals surface area (Å²) in [6.45, 7) is 3.64. The number of benzene rings is 2. The number of carbonyl (C=O) groups excluding carboxylic acids is 1. The van der Waals surface area contributed by atoms with E-state index in [1.807, 2.05) is 19.9 Å². The van der Waals surface area contributed by atoms with Crippen molar-refractivity contribution in [2.75, 3.05) is 10.8 Å². The maximum atomic E-state index is 12.7. The first-order valence-corrected chi connectivity index (χ1v) is 8.07. The van der Waals surface area contributed by atoms with Gasteiger partial charge in [0.25, 0.3) is 10.0 Å². The van der Waals surface area contributed by atoms with Crippen LogP contribution in [0.2, 0.25) is 0 Å². The Morgan fingerprint density at radius 2 is 1.57 bits per heavy atom. The summed E-state index contributed by atoms with van der Waals surface area (Å²) >= 11 is 0. The average Bonchev–Trinajstić information content (AvgIpc) is 2.76.